The number of fused-ring (bicyclic) bond motifs is 1. The third kappa shape index (κ3) is 8.24. The summed E-state index contributed by atoms with van der Waals surface area (Å²) in [5.41, 5.74) is 7.01. The van der Waals surface area contributed by atoms with Gasteiger partial charge in [-0.25, -0.2) is 10.8 Å². The topological polar surface area (TPSA) is 121 Å². The number of nitrogen functional groups attached to an aromatic ring is 1. The number of nitrogens with zero attached hydrogens (tertiary/aromatic N) is 3. The summed E-state index contributed by atoms with van der Waals surface area (Å²) in [6.07, 6.45) is 12.3. The van der Waals surface area contributed by atoms with Crippen LogP contribution in [0.5, 0.6) is 0 Å². The van der Waals surface area contributed by atoms with E-state index in [1.54, 1.807) is 36.7 Å². The standard InChI is InChI=1S/C24H16N4O2.C5H11N.C2H2O/c25-28-24(30)20-13-23(27-22-11-12-26-14-21(20)22)19-9-7-17(8-10-19)2-1-16-3-5-18(15-29)6-4-16;1-6-4-2-3-5-6;1-2-3/h3-15H,25H2,(H,28,30);2-5H2,1H3;1,3H. The Morgan fingerprint density at radius 3 is 2.15 bits per heavy atom. The average Bonchev–Trinajstić information content (AvgIpc) is 3.47. The maximum atomic E-state index is 12.2. The van der Waals surface area contributed by atoms with Gasteiger partial charge in [-0.1, -0.05) is 42.5 Å². The van der Waals surface area contributed by atoms with E-state index < -0.39 is 5.91 Å². The SMILES string of the molecule is C#CO.CN1CCCC1.NNC(=O)c1cc(-c2ccc(C#Cc3ccc(C=O)cc3)cc2)nc2ccncc12. The average molecular weight is 520 g/mol. The number of aliphatic hydroxyl groups is 1. The van der Waals surface area contributed by atoms with Crippen molar-refractivity contribution in [1.82, 2.24) is 20.3 Å². The molecule has 0 aliphatic carbocycles. The molecule has 8 nitrogen and oxygen atoms in total. The monoisotopic (exact) mass is 519 g/mol. The summed E-state index contributed by atoms with van der Waals surface area (Å²) >= 11 is 0. The number of aliphatic hydroxyl groups excluding tert-OH is 1. The predicted molar refractivity (Wildman–Crippen MR) is 152 cm³/mol. The number of nitrogens with one attached hydrogen (secondary N) is 1. The van der Waals surface area contributed by atoms with E-state index in [-0.39, 0.29) is 0 Å². The van der Waals surface area contributed by atoms with E-state index in [9.17, 15) is 9.59 Å². The van der Waals surface area contributed by atoms with Gasteiger partial charge < -0.3 is 10.0 Å². The molecule has 1 aliphatic rings. The summed E-state index contributed by atoms with van der Waals surface area (Å²) in [5.74, 6) is 11.1. The molecule has 1 aliphatic heterocycles. The first-order valence-electron chi connectivity index (χ1n) is 12.2. The smallest absolute Gasteiger partial charge is 0.265 e. The van der Waals surface area contributed by atoms with E-state index in [2.05, 4.69) is 45.6 Å². The molecule has 0 bridgehead atoms. The van der Waals surface area contributed by atoms with Gasteiger partial charge in [0.1, 0.15) is 12.4 Å². The molecule has 196 valence electrons. The molecule has 3 heterocycles. The second-order valence-electron chi connectivity index (χ2n) is 8.63. The number of pyridine rings is 2. The predicted octanol–water partition coefficient (Wildman–Crippen LogP) is 3.77. The number of hydrazine groups is 1. The number of amides is 1. The number of likely N-dealkylation sites (tertiary alicyclic amines) is 1. The van der Waals surface area contributed by atoms with Crippen LogP contribution in [0.1, 0.15) is 44.7 Å². The van der Waals surface area contributed by atoms with Gasteiger partial charge in [-0.05, 0) is 69.4 Å². The van der Waals surface area contributed by atoms with Crippen molar-refractivity contribution in [1.29, 1.82) is 0 Å². The molecule has 4 aromatic rings. The first kappa shape index (κ1) is 28.5. The van der Waals surface area contributed by atoms with Crippen LogP contribution in [0.25, 0.3) is 22.2 Å². The van der Waals surface area contributed by atoms with Crippen LogP contribution < -0.4 is 11.3 Å². The highest BCUT2D eigenvalue weighted by atomic mass is 16.2. The van der Waals surface area contributed by atoms with Crippen LogP contribution in [0.2, 0.25) is 0 Å². The largest absolute Gasteiger partial charge is 0.462 e. The normalized spacial score (nSPS) is 11.9. The second kappa shape index (κ2) is 14.7. The Bertz CT molecular complexity index is 1510. The van der Waals surface area contributed by atoms with Crippen molar-refractivity contribution in [2.45, 2.75) is 12.8 Å². The highest BCUT2D eigenvalue weighted by Crippen LogP contribution is 2.24. The van der Waals surface area contributed by atoms with Gasteiger partial charge in [0.15, 0.2) is 0 Å². The minimum atomic E-state index is -0.403. The van der Waals surface area contributed by atoms with Gasteiger partial charge in [-0.2, -0.15) is 0 Å². The van der Waals surface area contributed by atoms with Gasteiger partial charge in [-0.15, -0.1) is 0 Å². The van der Waals surface area contributed by atoms with Crippen molar-refractivity contribution in [3.63, 3.8) is 0 Å². The third-order valence-electron chi connectivity index (χ3n) is 5.89. The molecule has 1 saturated heterocycles. The Morgan fingerprint density at radius 1 is 1.05 bits per heavy atom. The summed E-state index contributed by atoms with van der Waals surface area (Å²) in [6.45, 7) is 2.64. The number of hydrogen-bond donors (Lipinski definition) is 3. The fourth-order valence-electron chi connectivity index (χ4n) is 3.87. The molecule has 1 amide bonds. The zero-order chi connectivity index (χ0) is 28.0. The summed E-state index contributed by atoms with van der Waals surface area (Å²) in [4.78, 5) is 34.0. The lowest BCUT2D eigenvalue weighted by atomic mass is 10.0. The molecular weight excluding hydrogens is 490 g/mol. The molecule has 0 unspecified atom stereocenters. The molecule has 0 atom stereocenters. The summed E-state index contributed by atoms with van der Waals surface area (Å²) in [6, 6.07) is 18.1. The Morgan fingerprint density at radius 2 is 1.64 bits per heavy atom. The Hall–Kier alpha value is -5.02. The number of aromatic nitrogens is 2. The second-order valence-corrected chi connectivity index (χ2v) is 8.63. The molecule has 4 N–H and O–H groups in total. The van der Waals surface area contributed by atoms with Gasteiger partial charge in [0.25, 0.3) is 5.91 Å². The number of terminal acetylenes is 1. The maximum absolute atomic E-state index is 12.2. The zero-order valence-electron chi connectivity index (χ0n) is 21.6. The van der Waals surface area contributed by atoms with Crippen molar-refractivity contribution in [3.8, 4) is 35.6 Å². The summed E-state index contributed by atoms with van der Waals surface area (Å²) < 4.78 is 0. The molecule has 2 aromatic carbocycles. The van der Waals surface area contributed by atoms with Crippen LogP contribution >= 0.6 is 0 Å². The number of benzene rings is 2. The number of aldehydes is 1. The molecule has 1 fully saturated rings. The molecule has 0 radical (unpaired) electrons. The van der Waals surface area contributed by atoms with Crippen molar-refractivity contribution < 1.29 is 14.7 Å². The van der Waals surface area contributed by atoms with Crippen molar-refractivity contribution >= 4 is 23.1 Å². The van der Waals surface area contributed by atoms with Crippen LogP contribution in [-0.2, 0) is 0 Å². The van der Waals surface area contributed by atoms with Gasteiger partial charge in [0, 0.05) is 40.0 Å². The van der Waals surface area contributed by atoms with Gasteiger partial charge in [0.05, 0.1) is 16.8 Å². The lowest BCUT2D eigenvalue weighted by Gasteiger charge is -2.08. The number of nitrogens with two attached hydrogens (primary N) is 1. The van der Waals surface area contributed by atoms with Crippen LogP contribution in [0.4, 0.5) is 0 Å². The third-order valence-corrected chi connectivity index (χ3v) is 5.89. The summed E-state index contributed by atoms with van der Waals surface area (Å²) in [7, 11) is 2.17. The van der Waals surface area contributed by atoms with Crippen LogP contribution in [-0.4, -0.2) is 52.3 Å². The van der Waals surface area contributed by atoms with Crippen molar-refractivity contribution in [2.24, 2.45) is 5.84 Å². The Balaban J connectivity index is 0.000000400. The highest BCUT2D eigenvalue weighted by Gasteiger charge is 2.13. The highest BCUT2D eigenvalue weighted by molar-refractivity contribution is 6.06. The lowest BCUT2D eigenvalue weighted by molar-refractivity contribution is 0.0955. The zero-order valence-corrected chi connectivity index (χ0v) is 21.6. The maximum Gasteiger partial charge on any atom is 0.265 e. The van der Waals surface area contributed by atoms with Gasteiger partial charge in [-0.3, -0.25) is 20.0 Å². The van der Waals surface area contributed by atoms with E-state index in [4.69, 9.17) is 10.9 Å². The van der Waals surface area contributed by atoms with Gasteiger partial charge >= 0.3 is 0 Å². The van der Waals surface area contributed by atoms with E-state index in [1.807, 2.05) is 36.4 Å². The minimum absolute atomic E-state index is 0.403. The molecular formula is C31H29N5O3. The molecule has 5 rings (SSSR count). The Kier molecular flexibility index (Phi) is 10.7. The molecule has 0 spiro atoms. The van der Waals surface area contributed by atoms with E-state index in [0.29, 0.717) is 27.7 Å². The number of hydrogen-bond acceptors (Lipinski definition) is 7. The first-order valence-corrected chi connectivity index (χ1v) is 12.2. The van der Waals surface area contributed by atoms with Crippen LogP contribution in [0.15, 0.2) is 73.1 Å². The number of rotatable bonds is 3. The van der Waals surface area contributed by atoms with E-state index >= 15 is 0 Å². The van der Waals surface area contributed by atoms with Crippen LogP contribution in [0, 0.1) is 24.4 Å². The lowest BCUT2D eigenvalue weighted by Crippen LogP contribution is -2.30. The Labute approximate surface area is 227 Å². The molecule has 8 heteroatoms. The fraction of sp³-hybridized carbons (Fsp3) is 0.161. The quantitative estimate of drug-likeness (QED) is 0.124. The minimum Gasteiger partial charge on any atom is -0.462 e. The van der Waals surface area contributed by atoms with Crippen molar-refractivity contribution in [2.75, 3.05) is 20.1 Å². The molecule has 2 aromatic heterocycles. The van der Waals surface area contributed by atoms with Crippen molar-refractivity contribution in [3.05, 3.63) is 95.3 Å². The van der Waals surface area contributed by atoms with E-state index in [1.165, 1.54) is 32.0 Å². The first-order chi connectivity index (χ1) is 19.0. The molecule has 39 heavy (non-hydrogen) atoms. The summed E-state index contributed by atoms with van der Waals surface area (Å²) in [5, 5.41) is 7.73. The van der Waals surface area contributed by atoms with Gasteiger partial charge in [0.2, 0.25) is 0 Å². The molecule has 0 saturated carbocycles. The fourth-order valence-corrected chi connectivity index (χ4v) is 3.87. The number of carbonyl (C=O) groups is 2. The number of carbonyl (C=O) groups excluding carboxylic acids is 2. The van der Waals surface area contributed by atoms with Crippen LogP contribution in [0.3, 0.4) is 0 Å². The van der Waals surface area contributed by atoms with E-state index in [0.717, 1.165) is 23.0 Å².